The summed E-state index contributed by atoms with van der Waals surface area (Å²) in [6.45, 7) is 1.50. The van der Waals surface area contributed by atoms with Crippen LogP contribution < -0.4 is 0 Å². The van der Waals surface area contributed by atoms with Gasteiger partial charge in [-0.15, -0.1) is 10.2 Å². The molecule has 5 rings (SSSR count). The van der Waals surface area contributed by atoms with Crippen LogP contribution in [-0.2, 0) is 14.3 Å². The monoisotopic (exact) mass is 406 g/mol. The van der Waals surface area contributed by atoms with Gasteiger partial charge < -0.3 is 9.47 Å². The second kappa shape index (κ2) is 7.83. The van der Waals surface area contributed by atoms with Crippen LogP contribution in [0.3, 0.4) is 0 Å². The number of rotatable bonds is 6. The topological polar surface area (TPSA) is 97.0 Å². The van der Waals surface area contributed by atoms with Gasteiger partial charge in [0, 0.05) is 19.0 Å². The number of para-hydroxylation sites is 1. The summed E-state index contributed by atoms with van der Waals surface area (Å²) in [4.78, 5) is 11.4. The van der Waals surface area contributed by atoms with E-state index in [0.717, 1.165) is 24.2 Å². The van der Waals surface area contributed by atoms with Gasteiger partial charge in [0.1, 0.15) is 30.6 Å². The molecule has 1 aliphatic heterocycles. The molecule has 1 aliphatic carbocycles. The number of esters is 1. The molecule has 0 spiro atoms. The largest absolute Gasteiger partial charge is 0.463 e. The maximum Gasteiger partial charge on any atom is 0.302 e. The first-order chi connectivity index (χ1) is 14.7. The molecule has 9 heteroatoms. The fourth-order valence-corrected chi connectivity index (χ4v) is 3.53. The molecule has 0 unspecified atom stereocenters. The third-order valence-corrected chi connectivity index (χ3v) is 5.29. The number of hydrogen-bond acceptors (Lipinski definition) is 7. The van der Waals surface area contributed by atoms with Crippen molar-refractivity contribution in [2.45, 2.75) is 43.9 Å². The minimum atomic E-state index is -0.417. The number of carbonyl (C=O) groups is 1. The van der Waals surface area contributed by atoms with Crippen LogP contribution in [0.1, 0.15) is 49.2 Å². The van der Waals surface area contributed by atoms with E-state index in [1.807, 2.05) is 54.9 Å². The number of aromatic nitrogens is 6. The van der Waals surface area contributed by atoms with Gasteiger partial charge in [-0.1, -0.05) is 40.8 Å². The van der Waals surface area contributed by atoms with Gasteiger partial charge in [-0.2, -0.15) is 0 Å². The van der Waals surface area contributed by atoms with Gasteiger partial charge in [0.05, 0.1) is 17.6 Å². The molecule has 3 atom stereocenters. The molecule has 2 aromatic heterocycles. The molecule has 0 radical (unpaired) electrons. The van der Waals surface area contributed by atoms with E-state index in [1.165, 1.54) is 6.92 Å². The second-order valence-electron chi connectivity index (χ2n) is 7.59. The lowest BCUT2D eigenvalue weighted by Gasteiger charge is -2.31. The third-order valence-electron chi connectivity index (χ3n) is 5.29. The Hall–Kier alpha value is -3.33. The molecule has 9 nitrogen and oxygen atoms in total. The van der Waals surface area contributed by atoms with Crippen LogP contribution in [0.15, 0.2) is 54.9 Å². The van der Waals surface area contributed by atoms with Crippen molar-refractivity contribution in [2.24, 2.45) is 0 Å². The molecule has 0 saturated heterocycles. The van der Waals surface area contributed by atoms with Crippen LogP contribution >= 0.6 is 0 Å². The van der Waals surface area contributed by atoms with Gasteiger partial charge in [0.2, 0.25) is 0 Å². The molecule has 0 amide bonds. The molecule has 154 valence electrons. The quantitative estimate of drug-likeness (QED) is 0.458. The summed E-state index contributed by atoms with van der Waals surface area (Å²) in [5.41, 5.74) is 2.60. The molecular formula is C21H22N6O3. The maximum atomic E-state index is 11.4. The van der Waals surface area contributed by atoms with Crippen molar-refractivity contribution in [1.82, 2.24) is 30.0 Å². The smallest absolute Gasteiger partial charge is 0.302 e. The van der Waals surface area contributed by atoms with Gasteiger partial charge in [0.25, 0.3) is 0 Å². The lowest BCUT2D eigenvalue weighted by molar-refractivity contribution is -0.148. The Labute approximate surface area is 173 Å². The molecule has 0 bridgehead atoms. The molecule has 2 aliphatic rings. The predicted octanol–water partition coefficient (Wildman–Crippen LogP) is 2.54. The van der Waals surface area contributed by atoms with Crippen molar-refractivity contribution in [3.05, 3.63) is 66.3 Å². The normalized spacial score (nSPS) is 23.4. The Balaban J connectivity index is 1.38. The average molecular weight is 406 g/mol. The Morgan fingerprint density at radius 1 is 1.10 bits per heavy atom. The number of carbonyl (C=O) groups excluding carboxylic acids is 1. The van der Waals surface area contributed by atoms with Crippen LogP contribution in [-0.4, -0.2) is 48.7 Å². The molecule has 1 saturated carbocycles. The summed E-state index contributed by atoms with van der Waals surface area (Å²) in [5.74, 6) is 0.163. The van der Waals surface area contributed by atoms with Gasteiger partial charge in [-0.25, -0.2) is 9.36 Å². The van der Waals surface area contributed by atoms with Gasteiger partial charge in [0.15, 0.2) is 0 Å². The van der Waals surface area contributed by atoms with E-state index in [4.69, 9.17) is 9.47 Å². The SMILES string of the molecule is CC(=O)OC[C@H]1O[C@H](c2cn(-c3ccccc3)nn2)C=C[C@@H]1n1cc(C2CC2)nn1. The molecule has 0 N–H and O–H groups in total. The zero-order chi connectivity index (χ0) is 20.5. The molecular weight excluding hydrogens is 384 g/mol. The molecule has 3 heterocycles. The van der Waals surface area contributed by atoms with Crippen molar-refractivity contribution in [2.75, 3.05) is 6.61 Å². The lowest BCUT2D eigenvalue weighted by atomic mass is 10.1. The molecule has 1 fully saturated rings. The van der Waals surface area contributed by atoms with Gasteiger partial charge in [-0.3, -0.25) is 4.79 Å². The standard InChI is InChI=1S/C21H22N6O3/c1-14(28)29-13-21-19(27-11-17(22-25-27)15-7-8-15)9-10-20(30-21)18-12-26(24-23-18)16-5-3-2-4-6-16/h2-6,9-12,15,19-21H,7-8,13H2,1H3/t19-,20-,21+/m0/s1. The summed E-state index contributed by atoms with van der Waals surface area (Å²) in [6, 6.07) is 9.54. The van der Waals surface area contributed by atoms with Gasteiger partial charge in [-0.05, 0) is 25.0 Å². The summed E-state index contributed by atoms with van der Waals surface area (Å²) in [6.07, 6.45) is 9.25. The fraction of sp³-hybridized carbons (Fsp3) is 0.381. The minimum absolute atomic E-state index is 0.117. The minimum Gasteiger partial charge on any atom is -0.463 e. The second-order valence-corrected chi connectivity index (χ2v) is 7.59. The van der Waals surface area contributed by atoms with Gasteiger partial charge >= 0.3 is 5.97 Å². The number of ether oxygens (including phenoxy) is 2. The number of nitrogens with zero attached hydrogens (tertiary/aromatic N) is 6. The van der Waals surface area contributed by atoms with E-state index in [9.17, 15) is 4.79 Å². The Morgan fingerprint density at radius 2 is 1.90 bits per heavy atom. The maximum absolute atomic E-state index is 11.4. The van der Waals surface area contributed by atoms with Crippen LogP contribution in [0, 0.1) is 0 Å². The van der Waals surface area contributed by atoms with Crippen molar-refractivity contribution in [1.29, 1.82) is 0 Å². The van der Waals surface area contributed by atoms with E-state index in [1.54, 1.807) is 9.36 Å². The van der Waals surface area contributed by atoms with E-state index in [0.29, 0.717) is 11.6 Å². The van der Waals surface area contributed by atoms with Crippen LogP contribution in [0.25, 0.3) is 5.69 Å². The van der Waals surface area contributed by atoms with Crippen LogP contribution in [0.2, 0.25) is 0 Å². The Bertz CT molecular complexity index is 1060. The fourth-order valence-electron chi connectivity index (χ4n) is 3.53. The lowest BCUT2D eigenvalue weighted by Crippen LogP contribution is -2.35. The Kier molecular flexibility index (Phi) is 4.88. The van der Waals surface area contributed by atoms with Crippen LogP contribution in [0.4, 0.5) is 0 Å². The predicted molar refractivity (Wildman–Crippen MR) is 106 cm³/mol. The van der Waals surface area contributed by atoms with E-state index in [2.05, 4.69) is 20.6 Å². The van der Waals surface area contributed by atoms with E-state index >= 15 is 0 Å². The highest BCUT2D eigenvalue weighted by molar-refractivity contribution is 5.65. The first kappa shape index (κ1) is 18.7. The number of hydrogen-bond donors (Lipinski definition) is 0. The highest BCUT2D eigenvalue weighted by Crippen LogP contribution is 2.39. The first-order valence-electron chi connectivity index (χ1n) is 10.0. The van der Waals surface area contributed by atoms with Crippen molar-refractivity contribution in [3.63, 3.8) is 0 Å². The highest BCUT2D eigenvalue weighted by Gasteiger charge is 2.34. The summed E-state index contributed by atoms with van der Waals surface area (Å²) in [7, 11) is 0. The average Bonchev–Trinajstić information content (AvgIpc) is 3.30. The summed E-state index contributed by atoms with van der Waals surface area (Å²) in [5, 5.41) is 17.1. The summed E-state index contributed by atoms with van der Waals surface area (Å²) >= 11 is 0. The molecule has 3 aromatic rings. The third kappa shape index (κ3) is 3.88. The highest BCUT2D eigenvalue weighted by atomic mass is 16.6. The van der Waals surface area contributed by atoms with E-state index < -0.39 is 12.2 Å². The Morgan fingerprint density at radius 3 is 2.67 bits per heavy atom. The van der Waals surface area contributed by atoms with Crippen LogP contribution in [0.5, 0.6) is 0 Å². The van der Waals surface area contributed by atoms with E-state index in [-0.39, 0.29) is 18.6 Å². The molecule has 1 aromatic carbocycles. The van der Waals surface area contributed by atoms with Crippen molar-refractivity contribution >= 4 is 5.97 Å². The first-order valence-corrected chi connectivity index (χ1v) is 10.0. The van der Waals surface area contributed by atoms with Crippen molar-refractivity contribution in [3.8, 4) is 5.69 Å². The zero-order valence-electron chi connectivity index (χ0n) is 16.5. The van der Waals surface area contributed by atoms with Crippen molar-refractivity contribution < 1.29 is 14.3 Å². The molecule has 30 heavy (non-hydrogen) atoms. The summed E-state index contributed by atoms with van der Waals surface area (Å²) < 4.78 is 15.0. The zero-order valence-corrected chi connectivity index (χ0v) is 16.5. The number of benzene rings is 1.